The number of nitrogens with two attached hydrogens (primary N) is 1. The van der Waals surface area contributed by atoms with Gasteiger partial charge in [-0.05, 0) is 18.6 Å². The summed E-state index contributed by atoms with van der Waals surface area (Å²) >= 11 is 3.09. The Bertz CT molecular complexity index is 425. The maximum Gasteiger partial charge on any atom is 0.249 e. The van der Waals surface area contributed by atoms with E-state index < -0.39 is 23.9 Å². The van der Waals surface area contributed by atoms with Gasteiger partial charge in [0.15, 0.2) is 6.10 Å². The van der Waals surface area contributed by atoms with Crippen molar-refractivity contribution < 1.29 is 19.4 Å². The summed E-state index contributed by atoms with van der Waals surface area (Å²) < 4.78 is 13.8. The van der Waals surface area contributed by atoms with Gasteiger partial charge in [-0.15, -0.1) is 0 Å². The number of amides is 1. The summed E-state index contributed by atoms with van der Waals surface area (Å²) in [5.41, 5.74) is 5.32. The molecule has 0 aliphatic rings. The van der Waals surface area contributed by atoms with Crippen molar-refractivity contribution >= 4 is 21.8 Å². The maximum atomic E-state index is 13.5. The van der Waals surface area contributed by atoms with Gasteiger partial charge in [0.1, 0.15) is 11.9 Å². The Morgan fingerprint density at radius 3 is 2.56 bits per heavy atom. The molecule has 1 aromatic rings. The lowest BCUT2D eigenvalue weighted by Gasteiger charge is -2.18. The quantitative estimate of drug-likeness (QED) is 0.769. The van der Waals surface area contributed by atoms with E-state index in [1.807, 2.05) is 0 Å². The lowest BCUT2D eigenvalue weighted by molar-refractivity contribution is -0.132. The molecule has 4 nitrogen and oxygen atoms in total. The predicted octanol–water partition coefficient (Wildman–Crippen LogP) is 0.776. The standard InChI is InChI=1S/C10H11BrFNO3/c1-4-2-3-5(12)6(7(4)11)8(14)9(15)10(13)16/h2-3,8-9,14-15H,1H3,(H2,13,16). The van der Waals surface area contributed by atoms with Crippen molar-refractivity contribution in [3.05, 3.63) is 33.5 Å². The van der Waals surface area contributed by atoms with Crippen LogP contribution in [0.5, 0.6) is 0 Å². The minimum absolute atomic E-state index is 0.175. The minimum atomic E-state index is -1.84. The first kappa shape index (κ1) is 13.1. The third-order valence-electron chi connectivity index (χ3n) is 2.21. The predicted molar refractivity (Wildman–Crippen MR) is 59.0 cm³/mol. The molecule has 1 rings (SSSR count). The molecule has 6 heteroatoms. The van der Waals surface area contributed by atoms with Crippen LogP contribution in [-0.4, -0.2) is 22.2 Å². The normalized spacial score (nSPS) is 14.6. The highest BCUT2D eigenvalue weighted by Crippen LogP contribution is 2.30. The second kappa shape index (κ2) is 4.90. The monoisotopic (exact) mass is 291 g/mol. The molecule has 0 saturated heterocycles. The van der Waals surface area contributed by atoms with E-state index in [0.717, 1.165) is 6.07 Å². The number of rotatable bonds is 3. The number of halogens is 2. The number of benzene rings is 1. The number of carbonyl (C=O) groups excluding carboxylic acids is 1. The van der Waals surface area contributed by atoms with Crippen LogP contribution in [0.15, 0.2) is 16.6 Å². The first-order valence-corrected chi connectivity index (χ1v) is 5.25. The molecule has 1 amide bonds. The van der Waals surface area contributed by atoms with Crippen molar-refractivity contribution in [2.24, 2.45) is 5.73 Å². The van der Waals surface area contributed by atoms with Crippen molar-refractivity contribution in [2.45, 2.75) is 19.1 Å². The van der Waals surface area contributed by atoms with Gasteiger partial charge in [-0.25, -0.2) is 4.39 Å². The second-order valence-corrected chi connectivity index (χ2v) is 4.18. The molecule has 0 bridgehead atoms. The van der Waals surface area contributed by atoms with Crippen LogP contribution in [0.2, 0.25) is 0 Å². The van der Waals surface area contributed by atoms with Gasteiger partial charge >= 0.3 is 0 Å². The Hall–Kier alpha value is -0.980. The Balaban J connectivity index is 3.22. The number of carbonyl (C=O) groups is 1. The molecule has 1 aromatic carbocycles. The van der Waals surface area contributed by atoms with Gasteiger partial charge in [0.25, 0.3) is 0 Å². The molecule has 0 heterocycles. The zero-order valence-electron chi connectivity index (χ0n) is 8.45. The summed E-state index contributed by atoms with van der Waals surface area (Å²) in [5, 5.41) is 18.9. The van der Waals surface area contributed by atoms with E-state index >= 15 is 0 Å². The van der Waals surface area contributed by atoms with E-state index in [-0.39, 0.29) is 5.56 Å². The number of hydrogen-bond donors (Lipinski definition) is 3. The fourth-order valence-electron chi connectivity index (χ4n) is 1.26. The van der Waals surface area contributed by atoms with Gasteiger partial charge in [-0.2, -0.15) is 0 Å². The number of aliphatic hydroxyl groups excluding tert-OH is 2. The first-order chi connectivity index (χ1) is 7.36. The highest BCUT2D eigenvalue weighted by Gasteiger charge is 2.28. The largest absolute Gasteiger partial charge is 0.385 e. The average molecular weight is 292 g/mol. The van der Waals surface area contributed by atoms with Crippen LogP contribution in [0.4, 0.5) is 4.39 Å². The van der Waals surface area contributed by atoms with Crippen molar-refractivity contribution in [1.29, 1.82) is 0 Å². The molecule has 0 aliphatic heterocycles. The summed E-state index contributed by atoms with van der Waals surface area (Å²) in [7, 11) is 0. The van der Waals surface area contributed by atoms with E-state index in [1.165, 1.54) is 6.07 Å². The van der Waals surface area contributed by atoms with Gasteiger partial charge in [0.05, 0.1) is 0 Å². The van der Waals surface area contributed by atoms with Crippen LogP contribution in [-0.2, 0) is 4.79 Å². The van der Waals surface area contributed by atoms with Gasteiger partial charge in [0.2, 0.25) is 5.91 Å². The van der Waals surface area contributed by atoms with Crippen LogP contribution >= 0.6 is 15.9 Å². The third-order valence-corrected chi connectivity index (χ3v) is 3.26. The fraction of sp³-hybridized carbons (Fsp3) is 0.300. The van der Waals surface area contributed by atoms with Crippen LogP contribution in [0.3, 0.4) is 0 Å². The van der Waals surface area contributed by atoms with Crippen molar-refractivity contribution in [1.82, 2.24) is 0 Å². The zero-order chi connectivity index (χ0) is 12.5. The minimum Gasteiger partial charge on any atom is -0.385 e. The van der Waals surface area contributed by atoms with Crippen LogP contribution in [0.1, 0.15) is 17.2 Å². The summed E-state index contributed by atoms with van der Waals surface area (Å²) in [4.78, 5) is 10.7. The van der Waals surface area contributed by atoms with E-state index in [1.54, 1.807) is 6.92 Å². The molecular weight excluding hydrogens is 281 g/mol. The number of aryl methyl sites for hydroxylation is 1. The Labute approximate surface area is 100 Å². The molecule has 4 N–H and O–H groups in total. The molecule has 0 fully saturated rings. The lowest BCUT2D eigenvalue weighted by atomic mass is 10.0. The van der Waals surface area contributed by atoms with E-state index in [9.17, 15) is 19.4 Å². The number of hydrogen-bond acceptors (Lipinski definition) is 3. The van der Waals surface area contributed by atoms with Gasteiger partial charge in [0, 0.05) is 10.0 Å². The lowest BCUT2D eigenvalue weighted by Crippen LogP contribution is -2.34. The highest BCUT2D eigenvalue weighted by atomic mass is 79.9. The van der Waals surface area contributed by atoms with E-state index in [4.69, 9.17) is 5.73 Å². The summed E-state index contributed by atoms with van der Waals surface area (Å²) in [6.45, 7) is 1.69. The average Bonchev–Trinajstić information content (AvgIpc) is 2.22. The molecule has 2 atom stereocenters. The Morgan fingerprint density at radius 1 is 1.50 bits per heavy atom. The SMILES string of the molecule is Cc1ccc(F)c(C(O)C(O)C(N)=O)c1Br. The molecule has 0 radical (unpaired) electrons. The summed E-state index contributed by atoms with van der Waals surface area (Å²) in [6.07, 6.45) is -3.53. The number of primary amides is 1. The van der Waals surface area contributed by atoms with Gasteiger partial charge < -0.3 is 15.9 Å². The highest BCUT2D eigenvalue weighted by molar-refractivity contribution is 9.10. The molecule has 88 valence electrons. The molecule has 2 unspecified atom stereocenters. The molecular formula is C10H11BrFNO3. The first-order valence-electron chi connectivity index (χ1n) is 4.46. The van der Waals surface area contributed by atoms with Crippen molar-refractivity contribution in [3.63, 3.8) is 0 Å². The van der Waals surface area contributed by atoms with E-state index in [0.29, 0.717) is 10.0 Å². The molecule has 0 aromatic heterocycles. The topological polar surface area (TPSA) is 83.6 Å². The Kier molecular flexibility index (Phi) is 4.01. The van der Waals surface area contributed by atoms with Crippen molar-refractivity contribution in [3.8, 4) is 0 Å². The zero-order valence-corrected chi connectivity index (χ0v) is 10.0. The van der Waals surface area contributed by atoms with E-state index in [2.05, 4.69) is 15.9 Å². The van der Waals surface area contributed by atoms with Gasteiger partial charge in [-0.1, -0.05) is 22.0 Å². The molecule has 0 saturated carbocycles. The van der Waals surface area contributed by atoms with Gasteiger partial charge in [-0.3, -0.25) is 4.79 Å². The fourth-order valence-corrected chi connectivity index (χ4v) is 1.82. The Morgan fingerprint density at radius 2 is 2.06 bits per heavy atom. The molecule has 0 aliphatic carbocycles. The molecule has 0 spiro atoms. The van der Waals surface area contributed by atoms with Crippen LogP contribution in [0.25, 0.3) is 0 Å². The van der Waals surface area contributed by atoms with Crippen LogP contribution < -0.4 is 5.73 Å². The second-order valence-electron chi connectivity index (χ2n) is 3.38. The van der Waals surface area contributed by atoms with Crippen molar-refractivity contribution in [2.75, 3.05) is 0 Å². The van der Waals surface area contributed by atoms with Crippen LogP contribution in [0, 0.1) is 12.7 Å². The summed E-state index contributed by atoms with van der Waals surface area (Å²) in [6, 6.07) is 2.65. The number of aliphatic hydroxyl groups is 2. The smallest absolute Gasteiger partial charge is 0.249 e. The summed E-state index contributed by atoms with van der Waals surface area (Å²) in [5.74, 6) is -1.83. The third kappa shape index (κ3) is 2.40. The maximum absolute atomic E-state index is 13.5. The molecule has 16 heavy (non-hydrogen) atoms.